The Morgan fingerprint density at radius 3 is 2.58 bits per heavy atom. The van der Waals surface area contributed by atoms with Crippen LogP contribution in [0.25, 0.3) is 0 Å². The lowest BCUT2D eigenvalue weighted by molar-refractivity contribution is -0.385. The van der Waals surface area contributed by atoms with Gasteiger partial charge in [-0.05, 0) is 33.6 Å². The molecule has 11 heteroatoms. The van der Waals surface area contributed by atoms with Crippen molar-refractivity contribution in [1.82, 2.24) is 15.0 Å². The molecule has 1 N–H and O–H groups in total. The number of anilines is 1. The number of sulfonamides is 1. The minimum atomic E-state index is -3.96. The molecule has 0 aliphatic carbocycles. The third-order valence-electron chi connectivity index (χ3n) is 3.39. The largest absolute Gasteiger partial charge is 0.283 e. The first-order chi connectivity index (χ1) is 12.3. The Morgan fingerprint density at radius 2 is 1.92 bits per heavy atom. The molecular formula is C15H12BrN5O4S. The van der Waals surface area contributed by atoms with Crippen molar-refractivity contribution in [2.75, 3.05) is 4.72 Å². The van der Waals surface area contributed by atoms with Crippen LogP contribution < -0.4 is 4.72 Å². The van der Waals surface area contributed by atoms with Crippen LogP contribution in [0.5, 0.6) is 0 Å². The Hall–Kier alpha value is -2.79. The molecule has 3 rings (SSSR count). The van der Waals surface area contributed by atoms with Gasteiger partial charge in [-0.2, -0.15) is 0 Å². The predicted octanol–water partition coefficient (Wildman–Crippen LogP) is 2.80. The van der Waals surface area contributed by atoms with Crippen molar-refractivity contribution >= 4 is 37.5 Å². The van der Waals surface area contributed by atoms with Gasteiger partial charge in [-0.1, -0.05) is 35.5 Å². The SMILES string of the molecule is O=[N+]([O-])c1ccc(S(=O)(=O)Nc2cn(Cc3ccccc3)nn2)cc1Br. The van der Waals surface area contributed by atoms with E-state index in [2.05, 4.69) is 31.0 Å². The van der Waals surface area contributed by atoms with Gasteiger partial charge in [-0.25, -0.2) is 13.1 Å². The summed E-state index contributed by atoms with van der Waals surface area (Å²) in [6.45, 7) is 0.443. The van der Waals surface area contributed by atoms with Gasteiger partial charge in [0.05, 0.1) is 27.0 Å². The first-order valence-electron chi connectivity index (χ1n) is 7.26. The smallest absolute Gasteiger partial charge is 0.261 e. The molecule has 0 saturated carbocycles. The van der Waals surface area contributed by atoms with Crippen LogP contribution >= 0.6 is 15.9 Å². The van der Waals surface area contributed by atoms with Crippen molar-refractivity contribution in [3.63, 3.8) is 0 Å². The van der Waals surface area contributed by atoms with Gasteiger partial charge >= 0.3 is 0 Å². The Kier molecular flexibility index (Phi) is 5.00. The number of nitro groups is 1. The van der Waals surface area contributed by atoms with E-state index >= 15 is 0 Å². The maximum absolute atomic E-state index is 12.4. The molecule has 0 saturated heterocycles. The topological polar surface area (TPSA) is 120 Å². The van der Waals surface area contributed by atoms with E-state index in [1.165, 1.54) is 10.9 Å². The van der Waals surface area contributed by atoms with Crippen molar-refractivity contribution in [3.05, 3.63) is 74.9 Å². The molecule has 0 fully saturated rings. The van der Waals surface area contributed by atoms with Crippen molar-refractivity contribution < 1.29 is 13.3 Å². The maximum atomic E-state index is 12.4. The minimum absolute atomic E-state index is 0.0513. The highest BCUT2D eigenvalue weighted by Gasteiger charge is 2.20. The molecule has 2 aromatic carbocycles. The summed E-state index contributed by atoms with van der Waals surface area (Å²) in [5.41, 5.74) is 0.767. The maximum Gasteiger partial charge on any atom is 0.283 e. The number of nitro benzene ring substituents is 1. The number of halogens is 1. The zero-order chi connectivity index (χ0) is 18.7. The quantitative estimate of drug-likeness (QED) is 0.467. The molecule has 9 nitrogen and oxygen atoms in total. The van der Waals surface area contributed by atoms with Crippen LogP contribution in [0.1, 0.15) is 5.56 Å². The molecule has 26 heavy (non-hydrogen) atoms. The third kappa shape index (κ3) is 4.06. The molecule has 1 aromatic heterocycles. The Morgan fingerprint density at radius 1 is 1.19 bits per heavy atom. The highest BCUT2D eigenvalue weighted by atomic mass is 79.9. The van der Waals surface area contributed by atoms with Crippen LogP contribution in [0.2, 0.25) is 0 Å². The van der Waals surface area contributed by atoms with Crippen molar-refractivity contribution in [2.24, 2.45) is 0 Å². The predicted molar refractivity (Wildman–Crippen MR) is 97.2 cm³/mol. The van der Waals surface area contributed by atoms with Gasteiger partial charge in [0, 0.05) is 6.07 Å². The Bertz CT molecular complexity index is 1050. The molecule has 0 amide bonds. The zero-order valence-corrected chi connectivity index (χ0v) is 15.5. The number of hydrogen-bond donors (Lipinski definition) is 1. The van der Waals surface area contributed by atoms with Crippen LogP contribution in [0.3, 0.4) is 0 Å². The summed E-state index contributed by atoms with van der Waals surface area (Å²) in [6, 6.07) is 12.9. The lowest BCUT2D eigenvalue weighted by Gasteiger charge is -2.05. The second-order valence-corrected chi connectivity index (χ2v) is 7.80. The van der Waals surface area contributed by atoms with Gasteiger partial charge in [0.25, 0.3) is 15.7 Å². The van der Waals surface area contributed by atoms with Crippen LogP contribution in [-0.4, -0.2) is 28.3 Å². The van der Waals surface area contributed by atoms with Gasteiger partial charge in [0.15, 0.2) is 5.82 Å². The molecular weight excluding hydrogens is 426 g/mol. The summed E-state index contributed by atoms with van der Waals surface area (Å²) in [5.74, 6) is 0.0513. The van der Waals surface area contributed by atoms with E-state index in [9.17, 15) is 18.5 Å². The summed E-state index contributed by atoms with van der Waals surface area (Å²) in [4.78, 5) is 10.1. The van der Waals surface area contributed by atoms with Gasteiger partial charge in [0.1, 0.15) is 0 Å². The first kappa shape index (κ1) is 18.0. The average molecular weight is 438 g/mol. The number of nitrogens with one attached hydrogen (secondary N) is 1. The molecule has 0 radical (unpaired) electrons. The van der Waals surface area contributed by atoms with Gasteiger partial charge in [-0.15, -0.1) is 5.10 Å². The molecule has 0 atom stereocenters. The van der Waals surface area contributed by atoms with Crippen LogP contribution in [-0.2, 0) is 16.6 Å². The summed E-state index contributed by atoms with van der Waals surface area (Å²) in [7, 11) is -3.96. The fourth-order valence-corrected chi connectivity index (χ4v) is 3.87. The summed E-state index contributed by atoms with van der Waals surface area (Å²) < 4.78 is 28.7. The molecule has 3 aromatic rings. The lowest BCUT2D eigenvalue weighted by Crippen LogP contribution is -2.13. The highest BCUT2D eigenvalue weighted by molar-refractivity contribution is 9.10. The normalized spacial score (nSPS) is 11.3. The van der Waals surface area contributed by atoms with Gasteiger partial charge in [0.2, 0.25) is 0 Å². The number of hydrogen-bond acceptors (Lipinski definition) is 6. The summed E-state index contributed by atoms with van der Waals surface area (Å²) in [5, 5.41) is 18.5. The first-order valence-corrected chi connectivity index (χ1v) is 9.53. The van der Waals surface area contributed by atoms with E-state index in [0.29, 0.717) is 6.54 Å². The van der Waals surface area contributed by atoms with E-state index in [-0.39, 0.29) is 20.9 Å². The number of benzene rings is 2. The van der Waals surface area contributed by atoms with E-state index in [0.717, 1.165) is 23.8 Å². The third-order valence-corrected chi connectivity index (χ3v) is 5.38. The molecule has 0 unspecified atom stereocenters. The molecule has 0 aliphatic rings. The van der Waals surface area contributed by atoms with Crippen LogP contribution in [0.15, 0.2) is 64.1 Å². The van der Waals surface area contributed by atoms with E-state index in [4.69, 9.17) is 0 Å². The fraction of sp³-hybridized carbons (Fsp3) is 0.0667. The number of nitrogens with zero attached hydrogens (tertiary/aromatic N) is 4. The Labute approximate surface area is 157 Å². The van der Waals surface area contributed by atoms with E-state index < -0.39 is 14.9 Å². The number of aromatic nitrogens is 3. The molecule has 134 valence electrons. The summed E-state index contributed by atoms with van der Waals surface area (Å²) >= 11 is 3.00. The van der Waals surface area contributed by atoms with Crippen molar-refractivity contribution in [1.29, 1.82) is 0 Å². The number of rotatable bonds is 6. The lowest BCUT2D eigenvalue weighted by atomic mass is 10.2. The minimum Gasteiger partial charge on any atom is -0.261 e. The highest BCUT2D eigenvalue weighted by Crippen LogP contribution is 2.28. The average Bonchev–Trinajstić information content (AvgIpc) is 3.01. The second-order valence-electron chi connectivity index (χ2n) is 5.26. The second kappa shape index (κ2) is 7.22. The van der Waals surface area contributed by atoms with Crippen LogP contribution in [0, 0.1) is 10.1 Å². The molecule has 1 heterocycles. The van der Waals surface area contributed by atoms with Gasteiger partial charge in [-0.3, -0.25) is 14.8 Å². The summed E-state index contributed by atoms with van der Waals surface area (Å²) in [6.07, 6.45) is 1.46. The van der Waals surface area contributed by atoms with E-state index in [1.807, 2.05) is 30.3 Å². The molecule has 0 bridgehead atoms. The van der Waals surface area contributed by atoms with Crippen molar-refractivity contribution in [3.8, 4) is 0 Å². The van der Waals surface area contributed by atoms with Crippen molar-refractivity contribution in [2.45, 2.75) is 11.4 Å². The fourth-order valence-electron chi connectivity index (χ4n) is 2.19. The van der Waals surface area contributed by atoms with Crippen LogP contribution in [0.4, 0.5) is 11.5 Å². The van der Waals surface area contributed by atoms with E-state index in [1.54, 1.807) is 0 Å². The monoisotopic (exact) mass is 437 g/mol. The molecule has 0 spiro atoms. The Balaban J connectivity index is 1.78. The standard InChI is InChI=1S/C15H12BrN5O4S/c16-13-8-12(6-7-14(13)21(22)23)26(24,25)18-15-10-20(19-17-15)9-11-4-2-1-3-5-11/h1-8,10,18H,9H2. The molecule has 0 aliphatic heterocycles. The van der Waals surface area contributed by atoms with Gasteiger partial charge < -0.3 is 0 Å². The zero-order valence-electron chi connectivity index (χ0n) is 13.1.